The Kier molecular flexibility index (Phi) is 15.4. The normalized spacial score (nSPS) is 15.2. The van der Waals surface area contributed by atoms with Gasteiger partial charge < -0.3 is 9.47 Å². The summed E-state index contributed by atoms with van der Waals surface area (Å²) >= 11 is 0. The van der Waals surface area contributed by atoms with Crippen molar-refractivity contribution in [1.29, 1.82) is 0 Å². The first-order chi connectivity index (χ1) is 27.2. The molecule has 0 N–H and O–H groups in total. The maximum absolute atomic E-state index is 14.6. The molecule has 1 aromatic carbocycles. The molecular weight excluding hydrogens is 927 g/mol. The van der Waals surface area contributed by atoms with Crippen molar-refractivity contribution in [3.8, 4) is 22.9 Å². The van der Waals surface area contributed by atoms with Crippen molar-refractivity contribution in [2.45, 2.75) is 111 Å². The number of ether oxygens (including phenoxy) is 4. The molecule has 61 heavy (non-hydrogen) atoms. The van der Waals surface area contributed by atoms with Gasteiger partial charge in [-0.2, -0.15) is 101 Å². The predicted molar refractivity (Wildman–Crippen MR) is 150 cm³/mol. The Bertz CT molecular complexity index is 1750. The van der Waals surface area contributed by atoms with Gasteiger partial charge >= 0.3 is 66.1 Å². The summed E-state index contributed by atoms with van der Waals surface area (Å²) in [4.78, 5) is 7.57. The van der Waals surface area contributed by atoms with Crippen molar-refractivity contribution in [3.05, 3.63) is 36.4 Å². The van der Waals surface area contributed by atoms with Crippen LogP contribution in [0.3, 0.4) is 0 Å². The van der Waals surface area contributed by atoms with Crippen LogP contribution in [-0.4, -0.2) is 95.5 Å². The van der Waals surface area contributed by atoms with E-state index in [0.29, 0.717) is 50.3 Å². The molecule has 0 fully saturated rings. The van der Waals surface area contributed by atoms with Gasteiger partial charge in [0.25, 0.3) is 0 Å². The second-order valence-corrected chi connectivity index (χ2v) is 12.2. The Hall–Kier alpha value is -3.93. The topological polar surface area (TPSA) is 62.7 Å². The molecule has 0 spiro atoms. The minimum atomic E-state index is -8.88. The maximum Gasteiger partial charge on any atom is 0.460 e. The fraction of sp³-hybridized carbons (Fsp3) is 0.667. The quantitative estimate of drug-likeness (QED) is 0.0817. The molecule has 1 heterocycles. The highest BCUT2D eigenvalue weighted by atomic mass is 19.4. The van der Waals surface area contributed by atoms with Gasteiger partial charge in [0.2, 0.25) is 0 Å². The van der Waals surface area contributed by atoms with Gasteiger partial charge in [-0.15, -0.1) is 0 Å². The smallest absolute Gasteiger partial charge is 0.460 e. The molecule has 6 nitrogen and oxygen atoms in total. The molecule has 0 bridgehead atoms. The molecule has 0 aliphatic carbocycles. The number of unbranched alkanes of at least 4 members (excludes halogenated alkanes) is 2. The zero-order valence-corrected chi connectivity index (χ0v) is 29.4. The Morgan fingerprint density at radius 1 is 0.557 bits per heavy atom. The van der Waals surface area contributed by atoms with Crippen LogP contribution in [0.1, 0.15) is 39.0 Å². The zero-order valence-electron chi connectivity index (χ0n) is 29.4. The van der Waals surface area contributed by atoms with Crippen LogP contribution >= 0.6 is 0 Å². The summed E-state index contributed by atoms with van der Waals surface area (Å²) in [5.41, 5.74) is -0.335. The van der Waals surface area contributed by atoms with Crippen molar-refractivity contribution in [3.63, 3.8) is 0 Å². The lowest BCUT2D eigenvalue weighted by molar-refractivity contribution is -0.543. The van der Waals surface area contributed by atoms with Crippen molar-refractivity contribution in [2.75, 3.05) is 13.2 Å². The Balaban J connectivity index is 2.22. The lowest BCUT2D eigenvalue weighted by Crippen LogP contribution is -2.69. The van der Waals surface area contributed by atoms with Crippen molar-refractivity contribution >= 4 is 0 Å². The molecule has 0 saturated heterocycles. The summed E-state index contributed by atoms with van der Waals surface area (Å²) in [6, 6.07) is 1.36. The van der Waals surface area contributed by atoms with Crippen molar-refractivity contribution in [1.82, 2.24) is 9.97 Å². The number of halogens is 25. The maximum atomic E-state index is 14.6. The molecular formula is C30H23F25N2O4. The predicted octanol–water partition coefficient (Wildman–Crippen LogP) is 12.1. The zero-order chi connectivity index (χ0) is 47.7. The van der Waals surface area contributed by atoms with Gasteiger partial charge in [-0.25, -0.2) is 28.2 Å². The summed E-state index contributed by atoms with van der Waals surface area (Å²) in [7, 11) is 0. The number of hydrogen-bond acceptors (Lipinski definition) is 6. The fourth-order valence-corrected chi connectivity index (χ4v) is 4.11. The van der Waals surface area contributed by atoms with Crippen LogP contribution in [0.25, 0.3) is 11.4 Å². The first kappa shape index (κ1) is 53.2. The standard InChI is InChI=1S/C30H23F25N2O4/c1-2-15(31)6-4-3-5-9-58-16-11-56-19(57-12-16)14-7-8-18(17(32)10-14)59-13-20(33,34)21(35,36)27(48,49)60-29(52,53)24(41,42)25(43,44)30(54,55)61-28(50,51)23(39,40)22(37,38)26(45,46)47/h7-8,10-12,15H,2-6,9,13H2,1H3/t15-/m1/s1. The van der Waals surface area contributed by atoms with E-state index in [0.717, 1.165) is 17.1 Å². The molecule has 0 radical (unpaired) electrons. The van der Waals surface area contributed by atoms with Gasteiger partial charge in [0.15, 0.2) is 29.7 Å². The Morgan fingerprint density at radius 3 is 1.43 bits per heavy atom. The largest absolute Gasteiger partial charge is 0.490 e. The molecule has 352 valence electrons. The van der Waals surface area contributed by atoms with E-state index in [1.807, 2.05) is 0 Å². The van der Waals surface area contributed by atoms with E-state index in [9.17, 15) is 110 Å². The third-order valence-corrected chi connectivity index (χ3v) is 7.68. The van der Waals surface area contributed by atoms with E-state index < -0.39 is 90.5 Å². The van der Waals surface area contributed by atoms with Gasteiger partial charge in [-0.1, -0.05) is 13.3 Å². The van der Waals surface area contributed by atoms with E-state index in [-0.39, 0.29) is 23.7 Å². The number of benzene rings is 1. The second kappa shape index (κ2) is 17.7. The molecule has 0 unspecified atom stereocenters. The van der Waals surface area contributed by atoms with Gasteiger partial charge in [-0.3, -0.25) is 0 Å². The van der Waals surface area contributed by atoms with Gasteiger partial charge in [0.05, 0.1) is 25.2 Å². The lowest BCUT2D eigenvalue weighted by atomic mass is 10.1. The average molecular weight is 950 g/mol. The van der Waals surface area contributed by atoms with E-state index in [1.54, 1.807) is 6.92 Å². The minimum absolute atomic E-state index is 0.0669. The molecule has 0 aliphatic rings. The van der Waals surface area contributed by atoms with Gasteiger partial charge in [0, 0.05) is 5.56 Å². The highest BCUT2D eigenvalue weighted by molar-refractivity contribution is 5.56. The van der Waals surface area contributed by atoms with Crippen molar-refractivity contribution < 1.29 is 129 Å². The monoisotopic (exact) mass is 950 g/mol. The summed E-state index contributed by atoms with van der Waals surface area (Å²) in [5, 5.41) is 0. The van der Waals surface area contributed by atoms with Gasteiger partial charge in [0.1, 0.15) is 0 Å². The number of alkyl halides is 24. The summed E-state index contributed by atoms with van der Waals surface area (Å²) in [6.45, 7) is -1.49. The number of hydrogen-bond donors (Lipinski definition) is 0. The third kappa shape index (κ3) is 10.6. The third-order valence-electron chi connectivity index (χ3n) is 7.68. The van der Waals surface area contributed by atoms with Crippen LogP contribution in [-0.2, 0) is 9.47 Å². The molecule has 0 aliphatic heterocycles. The van der Waals surface area contributed by atoms with E-state index in [4.69, 9.17) is 4.74 Å². The molecule has 1 aromatic heterocycles. The molecule has 2 aromatic rings. The second-order valence-electron chi connectivity index (χ2n) is 12.2. The number of nitrogens with zero attached hydrogens (tertiary/aromatic N) is 2. The fourth-order valence-electron chi connectivity index (χ4n) is 4.11. The molecule has 0 amide bonds. The van der Waals surface area contributed by atoms with E-state index in [1.165, 1.54) is 4.74 Å². The highest BCUT2D eigenvalue weighted by Crippen LogP contribution is 2.60. The molecule has 1 atom stereocenters. The van der Waals surface area contributed by atoms with Gasteiger partial charge in [-0.05, 0) is 43.9 Å². The molecule has 31 heteroatoms. The summed E-state index contributed by atoms with van der Waals surface area (Å²) < 4.78 is 349. The van der Waals surface area contributed by atoms with Crippen LogP contribution < -0.4 is 9.47 Å². The van der Waals surface area contributed by atoms with E-state index in [2.05, 4.69) is 14.7 Å². The number of rotatable bonds is 23. The molecule has 2 rings (SSSR count). The highest BCUT2D eigenvalue weighted by Gasteiger charge is 2.90. The average Bonchev–Trinajstić information content (AvgIpc) is 3.10. The molecule has 0 saturated carbocycles. The SMILES string of the molecule is CC[C@@H](F)CCCCCOc1cnc(-c2ccc(OCC(F)(F)C(F)(F)C(F)(F)OC(F)(F)C(F)(F)C(F)(F)C(F)(F)OC(F)(F)C(F)(F)C(F)(F)C(F)(F)F)c(F)c2)nc1. The van der Waals surface area contributed by atoms with Crippen LogP contribution in [0.2, 0.25) is 0 Å². The lowest BCUT2D eigenvalue weighted by Gasteiger charge is -2.40. The first-order valence-corrected chi connectivity index (χ1v) is 16.0. The van der Waals surface area contributed by atoms with Crippen LogP contribution in [0.5, 0.6) is 11.5 Å². The summed E-state index contributed by atoms with van der Waals surface area (Å²) in [6.07, 6.45) is -38.0. The van der Waals surface area contributed by atoms with Crippen LogP contribution in [0.15, 0.2) is 30.6 Å². The summed E-state index contributed by atoms with van der Waals surface area (Å²) in [5.74, 6) is -52.7. The van der Waals surface area contributed by atoms with Crippen LogP contribution in [0.4, 0.5) is 110 Å². The van der Waals surface area contributed by atoms with Crippen molar-refractivity contribution in [2.24, 2.45) is 0 Å². The minimum Gasteiger partial charge on any atom is -0.490 e. The Labute approximate surface area is 323 Å². The first-order valence-electron chi connectivity index (χ1n) is 16.0. The Morgan fingerprint density at radius 2 is 1.00 bits per heavy atom. The van der Waals surface area contributed by atoms with E-state index >= 15 is 0 Å². The van der Waals surface area contributed by atoms with Crippen LogP contribution in [0, 0.1) is 5.82 Å². The number of aromatic nitrogens is 2.